The summed E-state index contributed by atoms with van der Waals surface area (Å²) in [5.41, 5.74) is 3.04. The molecule has 0 heteroatoms. The Morgan fingerprint density at radius 3 is 2.09 bits per heavy atom. The summed E-state index contributed by atoms with van der Waals surface area (Å²) in [5, 5.41) is 0. The fourth-order valence-electron chi connectivity index (χ4n) is 1.11. The molecule has 0 unspecified atom stereocenters. The summed E-state index contributed by atoms with van der Waals surface area (Å²) >= 11 is 0. The minimum atomic E-state index is 0.284. The molecule has 0 atom stereocenters. The van der Waals surface area contributed by atoms with Crippen LogP contribution in [0.15, 0.2) is 24.3 Å². The molecule has 0 N–H and O–H groups in total. The van der Waals surface area contributed by atoms with E-state index in [2.05, 4.69) is 52.0 Å². The van der Waals surface area contributed by atoms with E-state index in [0.717, 1.165) is 0 Å². The van der Waals surface area contributed by atoms with Crippen molar-refractivity contribution < 1.29 is 0 Å². The maximum Gasteiger partial charge on any atom is -0.0132 e. The first-order valence-electron chi connectivity index (χ1n) is 4.07. The summed E-state index contributed by atoms with van der Waals surface area (Å²) in [6, 6.07) is 8.69. The van der Waals surface area contributed by atoms with Crippen molar-refractivity contribution in [3.63, 3.8) is 0 Å². The molecule has 1 aromatic rings. The largest absolute Gasteiger partial charge is 0.0617 e. The summed E-state index contributed by atoms with van der Waals surface area (Å²) in [7, 11) is 0. The first kappa shape index (κ1) is 8.32. The first-order chi connectivity index (χ1) is 5.00. The van der Waals surface area contributed by atoms with E-state index in [4.69, 9.17) is 0 Å². The van der Waals surface area contributed by atoms with E-state index >= 15 is 0 Å². The molecule has 0 aliphatic heterocycles. The molecule has 0 heterocycles. The SMILES string of the molecule is Cc1cccc(C(C)(C)C)c1. The van der Waals surface area contributed by atoms with E-state index in [-0.39, 0.29) is 5.41 Å². The Morgan fingerprint density at radius 1 is 1.09 bits per heavy atom. The summed E-state index contributed by atoms with van der Waals surface area (Å²) in [6.45, 7) is 8.85. The number of aryl methyl sites for hydroxylation is 1. The number of hydrogen-bond acceptors (Lipinski definition) is 0. The van der Waals surface area contributed by atoms with Gasteiger partial charge < -0.3 is 0 Å². The van der Waals surface area contributed by atoms with Crippen molar-refractivity contribution in [1.82, 2.24) is 0 Å². The van der Waals surface area contributed by atoms with Crippen LogP contribution in [0.4, 0.5) is 0 Å². The van der Waals surface area contributed by atoms with E-state index in [0.29, 0.717) is 0 Å². The molecule has 0 fully saturated rings. The van der Waals surface area contributed by atoms with Gasteiger partial charge in [0, 0.05) is 0 Å². The lowest BCUT2D eigenvalue weighted by Crippen LogP contribution is -2.10. The topological polar surface area (TPSA) is 0 Å². The van der Waals surface area contributed by atoms with Crippen LogP contribution in [0.5, 0.6) is 0 Å². The van der Waals surface area contributed by atoms with Gasteiger partial charge in [0.15, 0.2) is 0 Å². The summed E-state index contributed by atoms with van der Waals surface area (Å²) in [4.78, 5) is 0. The molecule has 11 heavy (non-hydrogen) atoms. The maximum atomic E-state index is 2.25. The van der Waals surface area contributed by atoms with Gasteiger partial charge in [-0.25, -0.2) is 0 Å². The lowest BCUT2D eigenvalue weighted by molar-refractivity contribution is 0.590. The van der Waals surface area contributed by atoms with Crippen molar-refractivity contribution in [3.8, 4) is 0 Å². The highest BCUT2D eigenvalue weighted by Gasteiger charge is 2.12. The predicted octanol–water partition coefficient (Wildman–Crippen LogP) is 3.29. The van der Waals surface area contributed by atoms with E-state index in [9.17, 15) is 0 Å². The predicted molar refractivity (Wildman–Crippen MR) is 49.9 cm³/mol. The molecule has 0 amide bonds. The second kappa shape index (κ2) is 2.69. The molecular formula is C11H16. The van der Waals surface area contributed by atoms with Gasteiger partial charge in [0.1, 0.15) is 0 Å². The minimum absolute atomic E-state index is 0.284. The van der Waals surface area contributed by atoms with E-state index < -0.39 is 0 Å². The lowest BCUT2D eigenvalue weighted by atomic mass is 9.86. The third kappa shape index (κ3) is 2.07. The van der Waals surface area contributed by atoms with Crippen molar-refractivity contribution in [2.45, 2.75) is 33.1 Å². The normalized spacial score (nSPS) is 11.6. The van der Waals surface area contributed by atoms with Crippen molar-refractivity contribution in [2.24, 2.45) is 0 Å². The molecule has 60 valence electrons. The van der Waals surface area contributed by atoms with E-state index in [1.165, 1.54) is 11.1 Å². The number of rotatable bonds is 0. The van der Waals surface area contributed by atoms with Gasteiger partial charge in [-0.1, -0.05) is 50.6 Å². The van der Waals surface area contributed by atoms with Gasteiger partial charge in [0.05, 0.1) is 0 Å². The molecule has 0 nitrogen and oxygen atoms in total. The highest BCUT2D eigenvalue weighted by atomic mass is 14.2. The van der Waals surface area contributed by atoms with E-state index in [1.807, 2.05) is 0 Å². The van der Waals surface area contributed by atoms with Gasteiger partial charge in [-0.2, -0.15) is 0 Å². The third-order valence-corrected chi connectivity index (χ3v) is 1.88. The van der Waals surface area contributed by atoms with Crippen molar-refractivity contribution in [2.75, 3.05) is 0 Å². The van der Waals surface area contributed by atoms with Crippen LogP contribution >= 0.6 is 0 Å². The number of hydrogen-bond donors (Lipinski definition) is 0. The zero-order chi connectivity index (χ0) is 8.48. The van der Waals surface area contributed by atoms with Gasteiger partial charge in [-0.15, -0.1) is 0 Å². The second-order valence-corrected chi connectivity index (χ2v) is 4.12. The molecule has 0 saturated carbocycles. The van der Waals surface area contributed by atoms with Crippen LogP contribution in [-0.4, -0.2) is 0 Å². The van der Waals surface area contributed by atoms with Crippen LogP contribution < -0.4 is 0 Å². The Balaban J connectivity index is 3.06. The van der Waals surface area contributed by atoms with Crippen LogP contribution in [0.3, 0.4) is 0 Å². The van der Waals surface area contributed by atoms with Crippen molar-refractivity contribution in [1.29, 1.82) is 0 Å². The lowest BCUT2D eigenvalue weighted by Gasteiger charge is -2.19. The van der Waals surface area contributed by atoms with E-state index in [1.54, 1.807) is 0 Å². The highest BCUT2D eigenvalue weighted by Crippen LogP contribution is 2.22. The average molecular weight is 148 g/mol. The van der Waals surface area contributed by atoms with Crippen LogP contribution in [0.2, 0.25) is 0 Å². The molecule has 0 aliphatic rings. The molecular weight excluding hydrogens is 132 g/mol. The van der Waals surface area contributed by atoms with Gasteiger partial charge in [-0.05, 0) is 17.9 Å². The second-order valence-electron chi connectivity index (χ2n) is 4.12. The zero-order valence-corrected chi connectivity index (χ0v) is 7.81. The smallest absolute Gasteiger partial charge is 0.0132 e. The molecule has 1 aromatic carbocycles. The van der Waals surface area contributed by atoms with Gasteiger partial charge in [0.2, 0.25) is 0 Å². The van der Waals surface area contributed by atoms with Gasteiger partial charge in [0.25, 0.3) is 0 Å². The van der Waals surface area contributed by atoms with Crippen LogP contribution in [0.25, 0.3) is 0 Å². The summed E-state index contributed by atoms with van der Waals surface area (Å²) in [6.07, 6.45) is 0. The van der Waals surface area contributed by atoms with Crippen LogP contribution in [0, 0.1) is 6.92 Å². The molecule has 0 aliphatic carbocycles. The molecule has 0 radical (unpaired) electrons. The Kier molecular flexibility index (Phi) is 2.03. The molecule has 0 saturated heterocycles. The average Bonchev–Trinajstić information content (AvgIpc) is 1.86. The monoisotopic (exact) mass is 148 g/mol. The zero-order valence-electron chi connectivity index (χ0n) is 7.81. The fourth-order valence-corrected chi connectivity index (χ4v) is 1.11. The molecule has 0 bridgehead atoms. The summed E-state index contributed by atoms with van der Waals surface area (Å²) in [5.74, 6) is 0. The van der Waals surface area contributed by atoms with Crippen LogP contribution in [0.1, 0.15) is 31.9 Å². The fraction of sp³-hybridized carbons (Fsp3) is 0.455. The highest BCUT2D eigenvalue weighted by molar-refractivity contribution is 5.27. The van der Waals surface area contributed by atoms with Crippen molar-refractivity contribution in [3.05, 3.63) is 35.4 Å². The quantitative estimate of drug-likeness (QED) is 0.529. The maximum absolute atomic E-state index is 2.25. The standard InChI is InChI=1S/C11H16/c1-9-6-5-7-10(8-9)11(2,3)4/h5-8H,1-4H3. The Hall–Kier alpha value is -0.780. The Morgan fingerprint density at radius 2 is 1.73 bits per heavy atom. The van der Waals surface area contributed by atoms with Gasteiger partial charge >= 0.3 is 0 Å². The Labute approximate surface area is 69.3 Å². The molecule has 0 spiro atoms. The number of benzene rings is 1. The van der Waals surface area contributed by atoms with Crippen LogP contribution in [-0.2, 0) is 5.41 Å². The van der Waals surface area contributed by atoms with Crippen molar-refractivity contribution >= 4 is 0 Å². The molecule has 0 aromatic heterocycles. The molecule has 1 rings (SSSR count). The first-order valence-corrected chi connectivity index (χ1v) is 4.07. The Bertz CT molecular complexity index is 240. The summed E-state index contributed by atoms with van der Waals surface area (Å²) < 4.78 is 0. The van der Waals surface area contributed by atoms with Gasteiger partial charge in [-0.3, -0.25) is 0 Å². The minimum Gasteiger partial charge on any atom is -0.0617 e. The third-order valence-electron chi connectivity index (χ3n) is 1.88.